The zero-order valence-electron chi connectivity index (χ0n) is 16.6. The van der Waals surface area contributed by atoms with Crippen molar-refractivity contribution in [2.24, 2.45) is 0 Å². The number of hydrogen-bond acceptors (Lipinski definition) is 6. The summed E-state index contributed by atoms with van der Waals surface area (Å²) in [5.74, 6) is -1.57. The second-order valence-electron chi connectivity index (χ2n) is 6.72. The molecule has 7 nitrogen and oxygen atoms in total. The van der Waals surface area contributed by atoms with Gasteiger partial charge in [-0.25, -0.2) is 9.59 Å². The first-order chi connectivity index (χ1) is 13.8. The standard InChI is InChI=1S/C22H21NO6/c1-12-5-13(2)20-16(11-29-18(20)6-12)10-19(24)23-17-8-14(21(25)27-3)7-15(9-17)22(26)28-4/h5-9,11H,10H2,1-4H3,(H,23,24). The van der Waals surface area contributed by atoms with Gasteiger partial charge in [0.1, 0.15) is 5.58 Å². The molecule has 0 aliphatic carbocycles. The van der Waals surface area contributed by atoms with Crippen molar-refractivity contribution in [1.82, 2.24) is 0 Å². The molecule has 1 aromatic heterocycles. The molecule has 1 amide bonds. The number of nitrogens with one attached hydrogen (secondary N) is 1. The van der Waals surface area contributed by atoms with Gasteiger partial charge in [0.2, 0.25) is 5.91 Å². The van der Waals surface area contributed by atoms with Crippen LogP contribution in [0.2, 0.25) is 0 Å². The summed E-state index contributed by atoms with van der Waals surface area (Å²) in [6.07, 6.45) is 1.65. The van der Waals surface area contributed by atoms with E-state index in [1.807, 2.05) is 26.0 Å². The van der Waals surface area contributed by atoms with E-state index in [0.29, 0.717) is 5.69 Å². The average molecular weight is 395 g/mol. The van der Waals surface area contributed by atoms with Gasteiger partial charge in [-0.1, -0.05) is 6.07 Å². The van der Waals surface area contributed by atoms with Crippen LogP contribution in [0.25, 0.3) is 11.0 Å². The van der Waals surface area contributed by atoms with Gasteiger partial charge in [0.05, 0.1) is 38.0 Å². The number of carbonyl (C=O) groups excluding carboxylic acids is 3. The number of carbonyl (C=O) groups is 3. The lowest BCUT2D eigenvalue weighted by molar-refractivity contribution is -0.115. The van der Waals surface area contributed by atoms with E-state index in [1.54, 1.807) is 6.26 Å². The maximum Gasteiger partial charge on any atom is 0.337 e. The molecule has 0 unspecified atom stereocenters. The van der Waals surface area contributed by atoms with Crippen LogP contribution in [0.4, 0.5) is 5.69 Å². The summed E-state index contributed by atoms with van der Waals surface area (Å²) in [5.41, 5.74) is 4.14. The number of aryl methyl sites for hydroxylation is 2. The predicted molar refractivity (Wildman–Crippen MR) is 107 cm³/mol. The van der Waals surface area contributed by atoms with Crippen molar-refractivity contribution in [2.45, 2.75) is 20.3 Å². The van der Waals surface area contributed by atoms with E-state index in [-0.39, 0.29) is 23.5 Å². The van der Waals surface area contributed by atoms with Crippen LogP contribution in [0.15, 0.2) is 41.0 Å². The summed E-state index contributed by atoms with van der Waals surface area (Å²) in [6, 6.07) is 8.19. The lowest BCUT2D eigenvalue weighted by Gasteiger charge is -2.09. The number of methoxy groups -OCH3 is 2. The second kappa shape index (κ2) is 8.18. The van der Waals surface area contributed by atoms with E-state index >= 15 is 0 Å². The minimum Gasteiger partial charge on any atom is -0.465 e. The van der Waals surface area contributed by atoms with Crippen molar-refractivity contribution in [3.8, 4) is 0 Å². The number of furan rings is 1. The summed E-state index contributed by atoms with van der Waals surface area (Å²) < 4.78 is 15.0. The Bertz CT molecular complexity index is 1080. The molecular weight excluding hydrogens is 374 g/mol. The van der Waals surface area contributed by atoms with Crippen LogP contribution < -0.4 is 5.32 Å². The van der Waals surface area contributed by atoms with E-state index in [0.717, 1.165) is 27.7 Å². The van der Waals surface area contributed by atoms with Gasteiger partial charge in [0.15, 0.2) is 0 Å². The third-order valence-corrected chi connectivity index (χ3v) is 4.50. The molecule has 1 heterocycles. The molecule has 3 aromatic rings. The number of anilines is 1. The summed E-state index contributed by atoms with van der Waals surface area (Å²) in [5, 5.41) is 3.63. The molecule has 0 bridgehead atoms. The third-order valence-electron chi connectivity index (χ3n) is 4.50. The topological polar surface area (TPSA) is 94.8 Å². The fourth-order valence-corrected chi connectivity index (χ4v) is 3.31. The predicted octanol–water partition coefficient (Wildman–Crippen LogP) is 3.80. The van der Waals surface area contributed by atoms with E-state index in [9.17, 15) is 14.4 Å². The summed E-state index contributed by atoms with van der Waals surface area (Å²) in [6.45, 7) is 3.95. The smallest absolute Gasteiger partial charge is 0.337 e. The Balaban J connectivity index is 1.87. The van der Waals surface area contributed by atoms with Crippen LogP contribution in [0, 0.1) is 13.8 Å². The number of esters is 2. The van der Waals surface area contributed by atoms with Gasteiger partial charge in [-0.3, -0.25) is 4.79 Å². The molecule has 0 spiro atoms. The molecule has 0 radical (unpaired) electrons. The van der Waals surface area contributed by atoms with Gasteiger partial charge in [0.25, 0.3) is 0 Å². The number of fused-ring (bicyclic) bond motifs is 1. The van der Waals surface area contributed by atoms with Crippen molar-refractivity contribution < 1.29 is 28.3 Å². The van der Waals surface area contributed by atoms with Crippen LogP contribution in [-0.4, -0.2) is 32.1 Å². The Kier molecular flexibility index (Phi) is 5.68. The first-order valence-electron chi connectivity index (χ1n) is 8.91. The van der Waals surface area contributed by atoms with Crippen molar-refractivity contribution in [1.29, 1.82) is 0 Å². The maximum absolute atomic E-state index is 12.6. The van der Waals surface area contributed by atoms with E-state index < -0.39 is 11.9 Å². The normalized spacial score (nSPS) is 10.6. The van der Waals surface area contributed by atoms with Crippen LogP contribution in [0.5, 0.6) is 0 Å². The average Bonchev–Trinajstić information content (AvgIpc) is 3.08. The number of amides is 1. The molecule has 0 saturated heterocycles. The van der Waals surface area contributed by atoms with Crippen LogP contribution >= 0.6 is 0 Å². The van der Waals surface area contributed by atoms with Gasteiger partial charge < -0.3 is 19.2 Å². The molecule has 1 N–H and O–H groups in total. The van der Waals surface area contributed by atoms with Crippen LogP contribution in [0.1, 0.15) is 37.4 Å². The van der Waals surface area contributed by atoms with Crippen LogP contribution in [0.3, 0.4) is 0 Å². The van der Waals surface area contributed by atoms with Gasteiger partial charge in [-0.15, -0.1) is 0 Å². The fraction of sp³-hybridized carbons (Fsp3) is 0.227. The number of benzene rings is 2. The largest absolute Gasteiger partial charge is 0.465 e. The second-order valence-corrected chi connectivity index (χ2v) is 6.72. The van der Waals surface area contributed by atoms with Gasteiger partial charge >= 0.3 is 11.9 Å². The van der Waals surface area contributed by atoms with Crippen molar-refractivity contribution in [3.05, 3.63) is 64.4 Å². The summed E-state index contributed by atoms with van der Waals surface area (Å²) >= 11 is 0. The maximum atomic E-state index is 12.6. The summed E-state index contributed by atoms with van der Waals surface area (Å²) in [4.78, 5) is 36.4. The van der Waals surface area contributed by atoms with Gasteiger partial charge in [-0.2, -0.15) is 0 Å². The molecular formula is C22H21NO6. The molecule has 0 aliphatic heterocycles. The van der Waals surface area contributed by atoms with E-state index in [2.05, 4.69) is 5.32 Å². The molecule has 0 atom stereocenters. The van der Waals surface area contributed by atoms with Crippen molar-refractivity contribution >= 4 is 34.5 Å². The first-order valence-corrected chi connectivity index (χ1v) is 8.91. The van der Waals surface area contributed by atoms with Gasteiger partial charge in [-0.05, 0) is 49.2 Å². The first kappa shape index (κ1) is 20.1. The molecule has 2 aromatic carbocycles. The highest BCUT2D eigenvalue weighted by Crippen LogP contribution is 2.27. The Labute approximate surface area is 167 Å². The lowest BCUT2D eigenvalue weighted by Crippen LogP contribution is -2.16. The Morgan fingerprint density at radius 1 is 0.931 bits per heavy atom. The molecule has 0 saturated carbocycles. The number of ether oxygens (including phenoxy) is 2. The SMILES string of the molecule is COC(=O)c1cc(NC(=O)Cc2coc3cc(C)cc(C)c23)cc(C(=O)OC)c1. The van der Waals surface area contributed by atoms with E-state index in [4.69, 9.17) is 13.9 Å². The number of hydrogen-bond donors (Lipinski definition) is 1. The lowest BCUT2D eigenvalue weighted by atomic mass is 10.0. The monoisotopic (exact) mass is 395 g/mol. The summed E-state index contributed by atoms with van der Waals surface area (Å²) in [7, 11) is 2.47. The highest BCUT2D eigenvalue weighted by atomic mass is 16.5. The van der Waals surface area contributed by atoms with Crippen molar-refractivity contribution in [3.63, 3.8) is 0 Å². The highest BCUT2D eigenvalue weighted by Gasteiger charge is 2.17. The Morgan fingerprint density at radius 3 is 2.14 bits per heavy atom. The molecule has 150 valence electrons. The van der Waals surface area contributed by atoms with E-state index in [1.165, 1.54) is 32.4 Å². The minimum atomic E-state index is -0.627. The number of rotatable bonds is 5. The molecule has 7 heteroatoms. The molecule has 29 heavy (non-hydrogen) atoms. The quantitative estimate of drug-likeness (QED) is 0.660. The molecule has 0 fully saturated rings. The third kappa shape index (κ3) is 4.29. The molecule has 0 aliphatic rings. The Morgan fingerprint density at radius 2 is 1.55 bits per heavy atom. The van der Waals surface area contributed by atoms with Crippen LogP contribution in [-0.2, 0) is 20.7 Å². The zero-order valence-corrected chi connectivity index (χ0v) is 16.6. The zero-order chi connectivity index (χ0) is 21.1. The van der Waals surface area contributed by atoms with Crippen molar-refractivity contribution in [2.75, 3.05) is 19.5 Å². The highest BCUT2D eigenvalue weighted by molar-refractivity contribution is 6.00. The fourth-order valence-electron chi connectivity index (χ4n) is 3.31. The Hall–Kier alpha value is -3.61. The van der Waals surface area contributed by atoms with Gasteiger partial charge in [0, 0.05) is 16.6 Å². The molecule has 3 rings (SSSR count). The minimum absolute atomic E-state index is 0.0763.